The predicted molar refractivity (Wildman–Crippen MR) is 105 cm³/mol. The van der Waals surface area contributed by atoms with Gasteiger partial charge in [-0.05, 0) is 62.7 Å². The van der Waals surface area contributed by atoms with Gasteiger partial charge < -0.3 is 4.74 Å². The molecule has 2 fully saturated rings. The summed E-state index contributed by atoms with van der Waals surface area (Å²) in [5.41, 5.74) is 0. The van der Waals surface area contributed by atoms with E-state index in [1.54, 1.807) is 0 Å². The number of hydrogen-bond acceptors (Lipinski definition) is 2. The molecule has 2 rings (SSSR count). The van der Waals surface area contributed by atoms with Crippen LogP contribution in [0.15, 0.2) is 0 Å². The molecule has 0 bridgehead atoms. The lowest BCUT2D eigenvalue weighted by molar-refractivity contribution is -0.0104. The van der Waals surface area contributed by atoms with Crippen LogP contribution in [0.3, 0.4) is 0 Å². The quantitative estimate of drug-likeness (QED) is 0.376. The molecular formula is C23H41NO. The van der Waals surface area contributed by atoms with Crippen LogP contribution < -0.4 is 0 Å². The molecular weight excluding hydrogens is 306 g/mol. The van der Waals surface area contributed by atoms with Crippen molar-refractivity contribution < 1.29 is 4.74 Å². The number of nitriles is 1. The summed E-state index contributed by atoms with van der Waals surface area (Å²) < 4.78 is 6.30. The van der Waals surface area contributed by atoms with Crippen LogP contribution in [0.4, 0.5) is 0 Å². The second-order valence-electron chi connectivity index (χ2n) is 8.76. The molecule has 0 atom stereocenters. The molecule has 0 radical (unpaired) electrons. The average molecular weight is 348 g/mol. The fraction of sp³-hybridized carbons (Fsp3) is 0.957. The average Bonchev–Trinajstić information content (AvgIpc) is 2.66. The van der Waals surface area contributed by atoms with Crippen LogP contribution in [0.5, 0.6) is 0 Å². The van der Waals surface area contributed by atoms with Crippen LogP contribution in [0.25, 0.3) is 0 Å². The molecule has 25 heavy (non-hydrogen) atoms. The van der Waals surface area contributed by atoms with Gasteiger partial charge in [0.15, 0.2) is 0 Å². The summed E-state index contributed by atoms with van der Waals surface area (Å²) in [6.45, 7) is 3.33. The summed E-state index contributed by atoms with van der Waals surface area (Å²) in [5.74, 6) is 2.75. The standard InChI is InChI=1S/C23H41NO/c1-2-3-5-8-20-10-12-22(13-11-20)19-25-23-16-14-21(15-17-23)9-6-4-7-18-24/h20-23H,2-17,19H2,1H3. The monoisotopic (exact) mass is 347 g/mol. The molecule has 0 amide bonds. The van der Waals surface area contributed by atoms with Gasteiger partial charge in [0.1, 0.15) is 0 Å². The summed E-state index contributed by atoms with van der Waals surface area (Å²) in [6, 6.07) is 2.26. The maximum atomic E-state index is 8.60. The van der Waals surface area contributed by atoms with Crippen molar-refractivity contribution in [1.82, 2.24) is 0 Å². The van der Waals surface area contributed by atoms with Crippen LogP contribution in [-0.2, 0) is 4.74 Å². The van der Waals surface area contributed by atoms with Gasteiger partial charge in [0.2, 0.25) is 0 Å². The van der Waals surface area contributed by atoms with E-state index in [0.717, 1.165) is 37.2 Å². The first-order valence-corrected chi connectivity index (χ1v) is 11.3. The van der Waals surface area contributed by atoms with Gasteiger partial charge in [0.05, 0.1) is 12.2 Å². The van der Waals surface area contributed by atoms with E-state index in [0.29, 0.717) is 6.10 Å². The van der Waals surface area contributed by atoms with E-state index in [1.165, 1.54) is 89.9 Å². The molecule has 2 aliphatic rings. The summed E-state index contributed by atoms with van der Waals surface area (Å²) in [5, 5.41) is 8.60. The first-order chi connectivity index (χ1) is 12.3. The number of ether oxygens (including phenoxy) is 1. The molecule has 2 nitrogen and oxygen atoms in total. The molecule has 0 heterocycles. The summed E-state index contributed by atoms with van der Waals surface area (Å²) in [6.07, 6.45) is 21.6. The van der Waals surface area contributed by atoms with Crippen LogP contribution in [0.2, 0.25) is 0 Å². The molecule has 0 N–H and O–H groups in total. The molecule has 2 saturated carbocycles. The van der Waals surface area contributed by atoms with E-state index < -0.39 is 0 Å². The number of unbranched alkanes of at least 4 members (excludes halogenated alkanes) is 4. The van der Waals surface area contributed by atoms with Crippen LogP contribution in [0.1, 0.15) is 110 Å². The second-order valence-corrected chi connectivity index (χ2v) is 8.76. The zero-order valence-corrected chi connectivity index (χ0v) is 16.7. The third kappa shape index (κ3) is 8.59. The van der Waals surface area contributed by atoms with Crippen molar-refractivity contribution in [2.75, 3.05) is 6.61 Å². The largest absolute Gasteiger partial charge is 0.378 e. The van der Waals surface area contributed by atoms with E-state index in [4.69, 9.17) is 10.00 Å². The molecule has 0 aromatic rings. The lowest BCUT2D eigenvalue weighted by atomic mass is 9.80. The first-order valence-electron chi connectivity index (χ1n) is 11.3. The molecule has 0 saturated heterocycles. The van der Waals surface area contributed by atoms with Gasteiger partial charge in [0, 0.05) is 13.0 Å². The van der Waals surface area contributed by atoms with Gasteiger partial charge in [0.25, 0.3) is 0 Å². The maximum absolute atomic E-state index is 8.60. The van der Waals surface area contributed by atoms with Crippen molar-refractivity contribution >= 4 is 0 Å². The van der Waals surface area contributed by atoms with Gasteiger partial charge in [-0.1, -0.05) is 58.3 Å². The highest BCUT2D eigenvalue weighted by molar-refractivity contribution is 4.76. The normalized spacial score (nSPS) is 30.1. The highest BCUT2D eigenvalue weighted by Gasteiger charge is 2.24. The summed E-state index contributed by atoms with van der Waals surface area (Å²) in [7, 11) is 0. The SMILES string of the molecule is CCCCCC1CCC(COC2CCC(CCCCC#N)CC2)CC1. The van der Waals surface area contributed by atoms with E-state index in [-0.39, 0.29) is 0 Å². The minimum absolute atomic E-state index is 0.539. The Balaban J connectivity index is 1.49. The molecule has 0 aromatic heterocycles. The number of nitrogens with zero attached hydrogens (tertiary/aromatic N) is 1. The Kier molecular flexibility index (Phi) is 10.6. The number of hydrogen-bond donors (Lipinski definition) is 0. The molecule has 0 aromatic carbocycles. The van der Waals surface area contributed by atoms with Crippen molar-refractivity contribution in [2.45, 2.75) is 116 Å². The molecule has 2 aliphatic carbocycles. The Morgan fingerprint density at radius 3 is 1.92 bits per heavy atom. The third-order valence-corrected chi connectivity index (χ3v) is 6.69. The zero-order valence-electron chi connectivity index (χ0n) is 16.7. The Bertz CT molecular complexity index is 359. The van der Waals surface area contributed by atoms with Crippen LogP contribution >= 0.6 is 0 Å². The third-order valence-electron chi connectivity index (χ3n) is 6.69. The fourth-order valence-electron chi connectivity index (χ4n) is 4.87. The predicted octanol–water partition coefficient (Wildman–Crippen LogP) is 7.03. The minimum atomic E-state index is 0.539. The maximum Gasteiger partial charge on any atom is 0.0621 e. The van der Waals surface area contributed by atoms with E-state index in [1.807, 2.05) is 0 Å². The lowest BCUT2D eigenvalue weighted by Crippen LogP contribution is -2.26. The minimum Gasteiger partial charge on any atom is -0.378 e. The fourth-order valence-corrected chi connectivity index (χ4v) is 4.87. The van der Waals surface area contributed by atoms with Crippen molar-refractivity contribution in [2.24, 2.45) is 17.8 Å². The van der Waals surface area contributed by atoms with E-state index >= 15 is 0 Å². The van der Waals surface area contributed by atoms with Crippen LogP contribution in [-0.4, -0.2) is 12.7 Å². The summed E-state index contributed by atoms with van der Waals surface area (Å²) in [4.78, 5) is 0. The highest BCUT2D eigenvalue weighted by atomic mass is 16.5. The van der Waals surface area contributed by atoms with E-state index in [9.17, 15) is 0 Å². The summed E-state index contributed by atoms with van der Waals surface area (Å²) >= 11 is 0. The topological polar surface area (TPSA) is 33.0 Å². The number of rotatable bonds is 11. The Labute approximate surface area is 156 Å². The Morgan fingerprint density at radius 1 is 0.760 bits per heavy atom. The molecule has 2 heteroatoms. The lowest BCUT2D eigenvalue weighted by Gasteiger charge is -2.32. The van der Waals surface area contributed by atoms with Crippen molar-refractivity contribution in [3.05, 3.63) is 0 Å². The van der Waals surface area contributed by atoms with Gasteiger partial charge in [-0.15, -0.1) is 0 Å². The molecule has 0 unspecified atom stereocenters. The highest BCUT2D eigenvalue weighted by Crippen LogP contribution is 2.34. The second kappa shape index (κ2) is 12.7. The first kappa shape index (κ1) is 20.8. The molecule has 0 spiro atoms. The molecule has 0 aliphatic heterocycles. The van der Waals surface area contributed by atoms with E-state index in [2.05, 4.69) is 13.0 Å². The Hall–Kier alpha value is -0.550. The van der Waals surface area contributed by atoms with Crippen molar-refractivity contribution in [1.29, 1.82) is 5.26 Å². The van der Waals surface area contributed by atoms with Gasteiger partial charge in [-0.25, -0.2) is 0 Å². The smallest absolute Gasteiger partial charge is 0.0621 e. The van der Waals surface area contributed by atoms with Crippen LogP contribution in [0, 0.1) is 29.1 Å². The van der Waals surface area contributed by atoms with Crippen molar-refractivity contribution in [3.63, 3.8) is 0 Å². The molecule has 144 valence electrons. The van der Waals surface area contributed by atoms with Gasteiger partial charge in [-0.2, -0.15) is 5.26 Å². The van der Waals surface area contributed by atoms with Crippen molar-refractivity contribution in [3.8, 4) is 6.07 Å². The van der Waals surface area contributed by atoms with Gasteiger partial charge >= 0.3 is 0 Å². The zero-order chi connectivity index (χ0) is 17.7. The Morgan fingerprint density at radius 2 is 1.32 bits per heavy atom. The van der Waals surface area contributed by atoms with Gasteiger partial charge in [-0.3, -0.25) is 0 Å².